The number of imidazole rings is 1. The van der Waals surface area contributed by atoms with E-state index in [2.05, 4.69) is 10.3 Å². The molecule has 0 aliphatic heterocycles. The van der Waals surface area contributed by atoms with E-state index in [1.807, 2.05) is 47.2 Å². The van der Waals surface area contributed by atoms with Crippen LogP contribution in [0.5, 0.6) is 0 Å². The molecule has 2 heterocycles. The molecule has 5 rings (SSSR count). The highest BCUT2D eigenvalue weighted by molar-refractivity contribution is 6.05. The van der Waals surface area contributed by atoms with Gasteiger partial charge >= 0.3 is 0 Å². The summed E-state index contributed by atoms with van der Waals surface area (Å²) in [4.78, 5) is 21.5. The van der Waals surface area contributed by atoms with Gasteiger partial charge in [0.05, 0.1) is 17.5 Å². The predicted molar refractivity (Wildman–Crippen MR) is 135 cm³/mol. The Labute approximate surface area is 195 Å². The molecule has 0 spiro atoms. The number of aromatic nitrogens is 3. The molecule has 0 saturated heterocycles. The van der Waals surface area contributed by atoms with E-state index in [4.69, 9.17) is 16.1 Å². The third-order valence-electron chi connectivity index (χ3n) is 6.32. The van der Waals surface area contributed by atoms with Crippen molar-refractivity contribution in [2.24, 2.45) is 0 Å². The van der Waals surface area contributed by atoms with Gasteiger partial charge in [-0.2, -0.15) is 0 Å². The minimum Gasteiger partial charge on any atom is -0.398 e. The number of amides is 1. The average molecular weight is 443 g/mol. The second-order valence-corrected chi connectivity index (χ2v) is 8.37. The Morgan fingerprint density at radius 1 is 1.15 bits per heavy atom. The van der Waals surface area contributed by atoms with Crippen LogP contribution in [0.4, 0.5) is 5.69 Å². The summed E-state index contributed by atoms with van der Waals surface area (Å²) in [7, 11) is 0. The van der Waals surface area contributed by atoms with Crippen molar-refractivity contribution in [3.05, 3.63) is 77.4 Å². The Bertz CT molecular complexity index is 1340. The van der Waals surface area contributed by atoms with E-state index in [9.17, 15) is 4.79 Å². The molecule has 0 bridgehead atoms. The molecule has 0 radical (unpaired) electrons. The lowest BCUT2D eigenvalue weighted by Crippen LogP contribution is -2.26. The SMILES string of the molecule is N=Cc1c(N)ccc2nc(-c3ccc(C(=O)NCCn4ccnc4)cc3)c3c(c12)CCCC3.[HH].[HH]. The molecule has 0 atom stereocenters. The molecule has 0 unspecified atom stereocenters. The van der Waals surface area contributed by atoms with Gasteiger partial charge in [0.15, 0.2) is 0 Å². The fourth-order valence-corrected chi connectivity index (χ4v) is 4.66. The van der Waals surface area contributed by atoms with Crippen molar-refractivity contribution in [1.82, 2.24) is 19.9 Å². The van der Waals surface area contributed by atoms with Crippen LogP contribution in [0.15, 0.2) is 55.1 Å². The molecule has 2 aromatic carbocycles. The number of fused-ring (bicyclic) bond motifs is 3. The summed E-state index contributed by atoms with van der Waals surface area (Å²) in [6.07, 6.45) is 10.8. The van der Waals surface area contributed by atoms with Gasteiger partial charge in [0, 0.05) is 62.3 Å². The second kappa shape index (κ2) is 8.86. The van der Waals surface area contributed by atoms with Gasteiger partial charge < -0.3 is 21.0 Å². The van der Waals surface area contributed by atoms with Crippen LogP contribution in [-0.4, -0.2) is 33.2 Å². The summed E-state index contributed by atoms with van der Waals surface area (Å²) in [5, 5.41) is 11.8. The third-order valence-corrected chi connectivity index (χ3v) is 6.32. The molecule has 33 heavy (non-hydrogen) atoms. The van der Waals surface area contributed by atoms with Gasteiger partial charge in [0.2, 0.25) is 0 Å². The van der Waals surface area contributed by atoms with Crippen LogP contribution in [0, 0.1) is 5.41 Å². The number of nitrogen functional groups attached to an aromatic ring is 1. The van der Waals surface area contributed by atoms with Gasteiger partial charge in [-0.05, 0) is 61.1 Å². The number of hydrogen-bond acceptors (Lipinski definition) is 5. The number of carbonyl (C=O) groups is 1. The summed E-state index contributed by atoms with van der Waals surface area (Å²) in [6.45, 7) is 1.22. The van der Waals surface area contributed by atoms with Crippen LogP contribution in [0.1, 0.15) is 42.7 Å². The fourth-order valence-electron chi connectivity index (χ4n) is 4.66. The number of carbonyl (C=O) groups excluding carboxylic acids is 1. The van der Waals surface area contributed by atoms with Crippen molar-refractivity contribution in [1.29, 1.82) is 5.41 Å². The van der Waals surface area contributed by atoms with Gasteiger partial charge in [-0.15, -0.1) is 0 Å². The molecule has 2 aromatic heterocycles. The van der Waals surface area contributed by atoms with Crippen LogP contribution < -0.4 is 11.1 Å². The van der Waals surface area contributed by atoms with Crippen molar-refractivity contribution in [3.8, 4) is 11.3 Å². The molecule has 1 aliphatic rings. The maximum Gasteiger partial charge on any atom is 0.251 e. The first-order valence-corrected chi connectivity index (χ1v) is 11.2. The lowest BCUT2D eigenvalue weighted by atomic mass is 9.85. The monoisotopic (exact) mass is 442 g/mol. The van der Waals surface area contributed by atoms with Crippen LogP contribution in [0.3, 0.4) is 0 Å². The lowest BCUT2D eigenvalue weighted by molar-refractivity contribution is 0.0952. The average Bonchev–Trinajstić information content (AvgIpc) is 3.37. The van der Waals surface area contributed by atoms with Crippen LogP contribution in [0.2, 0.25) is 0 Å². The number of rotatable bonds is 6. The van der Waals surface area contributed by atoms with Gasteiger partial charge in [0.1, 0.15) is 0 Å². The number of nitrogens with one attached hydrogen (secondary N) is 2. The van der Waals surface area contributed by atoms with Crippen LogP contribution >= 0.6 is 0 Å². The third kappa shape index (κ3) is 3.98. The predicted octanol–water partition coefficient (Wildman–Crippen LogP) is 4.48. The van der Waals surface area contributed by atoms with Crippen LogP contribution in [-0.2, 0) is 19.4 Å². The molecule has 0 saturated carbocycles. The first-order valence-electron chi connectivity index (χ1n) is 11.2. The maximum absolute atomic E-state index is 12.5. The molecular weight excluding hydrogens is 412 g/mol. The zero-order valence-electron chi connectivity index (χ0n) is 18.3. The van der Waals surface area contributed by atoms with Crippen molar-refractivity contribution < 1.29 is 7.65 Å². The smallest absolute Gasteiger partial charge is 0.251 e. The van der Waals surface area contributed by atoms with Crippen molar-refractivity contribution in [2.75, 3.05) is 12.3 Å². The molecular formula is C26H30N6O. The Balaban J connectivity index is 0.00000171. The van der Waals surface area contributed by atoms with E-state index < -0.39 is 0 Å². The van der Waals surface area contributed by atoms with Gasteiger partial charge in [-0.25, -0.2) is 9.97 Å². The number of aryl methyl sites for hydroxylation is 1. The summed E-state index contributed by atoms with van der Waals surface area (Å²) in [5.41, 5.74) is 13.5. The normalized spacial score (nSPS) is 13.0. The van der Waals surface area contributed by atoms with Gasteiger partial charge in [0.25, 0.3) is 5.91 Å². The highest BCUT2D eigenvalue weighted by Gasteiger charge is 2.21. The Morgan fingerprint density at radius 2 is 1.94 bits per heavy atom. The van der Waals surface area contributed by atoms with Crippen molar-refractivity contribution in [3.63, 3.8) is 0 Å². The Morgan fingerprint density at radius 3 is 2.67 bits per heavy atom. The summed E-state index contributed by atoms with van der Waals surface area (Å²) in [6, 6.07) is 11.4. The number of pyridine rings is 1. The number of benzene rings is 2. The maximum atomic E-state index is 12.5. The number of hydrogen-bond donors (Lipinski definition) is 3. The topological polar surface area (TPSA) is 110 Å². The van der Waals surface area contributed by atoms with E-state index >= 15 is 0 Å². The first-order chi connectivity index (χ1) is 16.2. The number of anilines is 1. The number of nitrogens with zero attached hydrogens (tertiary/aromatic N) is 3. The molecule has 4 aromatic rings. The molecule has 1 aliphatic carbocycles. The molecule has 7 heteroatoms. The van der Waals surface area contributed by atoms with E-state index in [1.165, 1.54) is 17.3 Å². The minimum absolute atomic E-state index is 0. The van der Waals surface area contributed by atoms with Gasteiger partial charge in [-0.1, -0.05) is 12.1 Å². The summed E-state index contributed by atoms with van der Waals surface area (Å²) < 4.78 is 1.93. The Kier molecular flexibility index (Phi) is 5.60. The molecule has 7 nitrogen and oxygen atoms in total. The first kappa shape index (κ1) is 20.9. The van der Waals surface area contributed by atoms with Gasteiger partial charge in [-0.3, -0.25) is 4.79 Å². The Hall–Kier alpha value is -4.00. The van der Waals surface area contributed by atoms with E-state index in [1.54, 1.807) is 12.5 Å². The van der Waals surface area contributed by atoms with Crippen LogP contribution in [0.25, 0.3) is 22.2 Å². The van der Waals surface area contributed by atoms with Crippen molar-refractivity contribution in [2.45, 2.75) is 32.2 Å². The van der Waals surface area contributed by atoms with E-state index in [0.29, 0.717) is 24.3 Å². The van der Waals surface area contributed by atoms with Crippen molar-refractivity contribution >= 4 is 28.7 Å². The molecule has 0 fully saturated rings. The van der Waals surface area contributed by atoms with E-state index in [-0.39, 0.29) is 8.76 Å². The molecule has 1 amide bonds. The standard InChI is InChI=1S/C26H26N6O.2H2/c27-15-21-22(28)9-10-23-24(21)19-3-1-2-4-20(19)25(31-23)17-5-7-18(8-6-17)26(33)30-12-14-32-13-11-29-16-32;;/h5-11,13,15-16,27H,1-4,12,14,28H2,(H,30,33);2*1H. The highest BCUT2D eigenvalue weighted by atomic mass is 16.1. The molecule has 170 valence electrons. The zero-order chi connectivity index (χ0) is 22.8. The summed E-state index contributed by atoms with van der Waals surface area (Å²) >= 11 is 0. The minimum atomic E-state index is -0.0961. The lowest BCUT2D eigenvalue weighted by Gasteiger charge is -2.23. The molecule has 4 N–H and O–H groups in total. The highest BCUT2D eigenvalue weighted by Crippen LogP contribution is 2.37. The fraction of sp³-hybridized carbons (Fsp3) is 0.231. The number of nitrogens with two attached hydrogens (primary N) is 1. The second-order valence-electron chi connectivity index (χ2n) is 8.37. The zero-order valence-corrected chi connectivity index (χ0v) is 18.3. The van der Waals surface area contributed by atoms with E-state index in [0.717, 1.165) is 53.4 Å². The largest absolute Gasteiger partial charge is 0.398 e. The summed E-state index contributed by atoms with van der Waals surface area (Å²) in [5.74, 6) is -0.0961. The quantitative estimate of drug-likeness (QED) is 0.302.